The number of carbonyl (C=O) groups excluding carboxylic acids is 2. The predicted octanol–water partition coefficient (Wildman–Crippen LogP) is 2.37. The number of rotatable bonds is 9. The molecule has 2 rings (SSSR count). The summed E-state index contributed by atoms with van der Waals surface area (Å²) < 4.78 is 35.7. The van der Waals surface area contributed by atoms with Crippen molar-refractivity contribution in [1.29, 1.82) is 0 Å². The van der Waals surface area contributed by atoms with Crippen molar-refractivity contribution in [2.24, 2.45) is 0 Å². The molecule has 0 spiro atoms. The number of H-pyrrole nitrogens is 1. The molecule has 0 saturated heterocycles. The van der Waals surface area contributed by atoms with E-state index in [1.807, 2.05) is 19.0 Å². The van der Waals surface area contributed by atoms with Gasteiger partial charge in [-0.05, 0) is 57.6 Å². The number of esters is 1. The number of aromatic amines is 1. The Labute approximate surface area is 177 Å². The Balaban J connectivity index is 2.43. The van der Waals surface area contributed by atoms with Gasteiger partial charge in [-0.2, -0.15) is 0 Å². The number of likely N-dealkylation sites (N-methyl/N-ethyl adjacent to an activating group) is 1. The van der Waals surface area contributed by atoms with Crippen LogP contribution < -0.4 is 0 Å². The van der Waals surface area contributed by atoms with Gasteiger partial charge in [0, 0.05) is 24.5 Å². The first-order valence-electron chi connectivity index (χ1n) is 9.69. The van der Waals surface area contributed by atoms with Crippen LogP contribution in [-0.4, -0.2) is 75.6 Å². The second-order valence-electron chi connectivity index (χ2n) is 7.05. The smallest absolute Gasteiger partial charge is 0.423 e. The molecule has 0 aliphatic carbocycles. The summed E-state index contributed by atoms with van der Waals surface area (Å²) in [5, 5.41) is 0.756. The van der Waals surface area contributed by atoms with Gasteiger partial charge in [0.15, 0.2) is 0 Å². The molecule has 0 unspecified atom stereocenters. The number of carbonyl (C=O) groups is 2. The summed E-state index contributed by atoms with van der Waals surface area (Å²) in [6, 6.07) is 5.11. The number of nitrogens with zero attached hydrogens (tertiary/aromatic N) is 2. The number of fused-ring (bicyclic) bond motifs is 1. The Morgan fingerprint density at radius 1 is 1.07 bits per heavy atom. The zero-order valence-corrected chi connectivity index (χ0v) is 18.8. The molecule has 1 heterocycles. The van der Waals surface area contributed by atoms with Crippen molar-refractivity contribution in [1.82, 2.24) is 14.2 Å². The lowest BCUT2D eigenvalue weighted by Gasteiger charge is -2.16. The van der Waals surface area contributed by atoms with Crippen molar-refractivity contribution >= 4 is 33.0 Å². The molecule has 0 atom stereocenters. The molecular weight excluding hydrogens is 410 g/mol. The zero-order chi connectivity index (χ0) is 22.5. The van der Waals surface area contributed by atoms with E-state index in [0.717, 1.165) is 10.9 Å². The molecule has 1 aromatic carbocycles. The van der Waals surface area contributed by atoms with Crippen molar-refractivity contribution in [3.05, 3.63) is 35.0 Å². The second kappa shape index (κ2) is 9.94. The third kappa shape index (κ3) is 5.51. The molecule has 1 aromatic heterocycles. The van der Waals surface area contributed by atoms with Gasteiger partial charge < -0.3 is 19.4 Å². The van der Waals surface area contributed by atoms with E-state index >= 15 is 0 Å². The average molecular weight is 440 g/mol. The Morgan fingerprint density at radius 3 is 2.33 bits per heavy atom. The van der Waals surface area contributed by atoms with Gasteiger partial charge in [-0.3, -0.25) is 0 Å². The molecule has 0 aliphatic rings. The van der Waals surface area contributed by atoms with E-state index < -0.39 is 22.1 Å². The third-order valence-electron chi connectivity index (χ3n) is 4.55. The van der Waals surface area contributed by atoms with Gasteiger partial charge in [0.25, 0.3) is 0 Å². The second-order valence-corrected chi connectivity index (χ2v) is 9.06. The molecule has 10 heteroatoms. The Bertz CT molecular complexity index is 1010. The topological polar surface area (TPSA) is 109 Å². The lowest BCUT2D eigenvalue weighted by Crippen LogP contribution is -2.34. The van der Waals surface area contributed by atoms with Gasteiger partial charge >= 0.3 is 12.1 Å². The van der Waals surface area contributed by atoms with Crippen LogP contribution in [0, 0.1) is 0 Å². The highest BCUT2D eigenvalue weighted by atomic mass is 32.2. The molecule has 0 aliphatic heterocycles. The largest absolute Gasteiger partial charge is 0.461 e. The highest BCUT2D eigenvalue weighted by Crippen LogP contribution is 2.26. The Morgan fingerprint density at radius 2 is 1.73 bits per heavy atom. The van der Waals surface area contributed by atoms with Gasteiger partial charge in [0.2, 0.25) is 10.0 Å². The van der Waals surface area contributed by atoms with E-state index in [1.54, 1.807) is 32.0 Å². The van der Waals surface area contributed by atoms with Gasteiger partial charge in [-0.1, -0.05) is 6.07 Å². The van der Waals surface area contributed by atoms with Crippen LogP contribution in [0.1, 0.15) is 35.5 Å². The number of amides is 1. The quantitative estimate of drug-likeness (QED) is 0.598. The molecule has 2 aromatic rings. The van der Waals surface area contributed by atoms with Crippen molar-refractivity contribution in [2.45, 2.75) is 26.0 Å². The minimum absolute atomic E-state index is 0.0832. The fourth-order valence-electron chi connectivity index (χ4n) is 2.99. The van der Waals surface area contributed by atoms with Crippen LogP contribution in [0.15, 0.2) is 18.2 Å². The first kappa shape index (κ1) is 23.7. The molecular formula is C20H29N3O6S. The van der Waals surface area contributed by atoms with Crippen LogP contribution in [0.5, 0.6) is 0 Å². The summed E-state index contributed by atoms with van der Waals surface area (Å²) >= 11 is 0. The molecule has 0 radical (unpaired) electrons. The number of aromatic nitrogens is 1. The van der Waals surface area contributed by atoms with Crippen molar-refractivity contribution in [2.75, 3.05) is 40.9 Å². The molecule has 9 nitrogen and oxygen atoms in total. The average Bonchev–Trinajstić information content (AvgIpc) is 3.03. The molecule has 0 fully saturated rings. The molecule has 1 N–H and O–H groups in total. The maximum Gasteiger partial charge on any atom is 0.423 e. The number of benzene rings is 1. The van der Waals surface area contributed by atoms with Crippen molar-refractivity contribution in [3.63, 3.8) is 0 Å². The van der Waals surface area contributed by atoms with Crippen LogP contribution >= 0.6 is 0 Å². The van der Waals surface area contributed by atoms with Crippen molar-refractivity contribution in [3.8, 4) is 0 Å². The van der Waals surface area contributed by atoms with Crippen molar-refractivity contribution < 1.29 is 27.5 Å². The van der Waals surface area contributed by atoms with Crippen LogP contribution in [0.25, 0.3) is 10.9 Å². The fraction of sp³-hybridized carbons (Fsp3) is 0.500. The lowest BCUT2D eigenvalue weighted by molar-refractivity contribution is 0.0519. The molecule has 1 amide bonds. The molecule has 0 bridgehead atoms. The highest BCUT2D eigenvalue weighted by Gasteiger charge is 2.26. The first-order valence-corrected chi connectivity index (χ1v) is 11.3. The number of nitrogens with one attached hydrogen (secondary N) is 1. The monoisotopic (exact) mass is 439 g/mol. The maximum atomic E-state index is 12.6. The van der Waals surface area contributed by atoms with E-state index in [4.69, 9.17) is 9.47 Å². The van der Waals surface area contributed by atoms with E-state index in [1.165, 1.54) is 7.05 Å². The van der Waals surface area contributed by atoms with E-state index in [0.29, 0.717) is 34.0 Å². The van der Waals surface area contributed by atoms with Crippen LogP contribution in [0.3, 0.4) is 0 Å². The summed E-state index contributed by atoms with van der Waals surface area (Å²) in [4.78, 5) is 29.3. The maximum absolute atomic E-state index is 12.6. The van der Waals surface area contributed by atoms with Gasteiger partial charge in [0.1, 0.15) is 5.69 Å². The van der Waals surface area contributed by atoms with Gasteiger partial charge in [-0.25, -0.2) is 22.3 Å². The van der Waals surface area contributed by atoms with Crippen LogP contribution in [-0.2, 0) is 31.7 Å². The number of hydrogen-bond donors (Lipinski definition) is 1. The number of hydrogen-bond acceptors (Lipinski definition) is 7. The Kier molecular flexibility index (Phi) is 7.85. The SMILES string of the molecule is CCOC(=O)c1[nH]c2ccc(CS(=O)(=O)N(C)C(=O)OCC)cc2c1CCN(C)C. The summed E-state index contributed by atoms with van der Waals surface area (Å²) in [5.74, 6) is -0.815. The minimum atomic E-state index is -3.91. The van der Waals surface area contributed by atoms with Crippen LogP contribution in [0.2, 0.25) is 0 Å². The standard InChI is InChI=1S/C20H29N3O6S/c1-6-28-19(24)18-15(10-11-22(3)4)16-12-14(8-9-17(16)21-18)13-30(26,27)23(5)20(25)29-7-2/h8-9,12,21H,6-7,10-11,13H2,1-5H3. The van der Waals surface area contributed by atoms with Gasteiger partial charge in [-0.15, -0.1) is 0 Å². The summed E-state index contributed by atoms with van der Waals surface area (Å²) in [6.07, 6.45) is -0.337. The molecule has 30 heavy (non-hydrogen) atoms. The summed E-state index contributed by atoms with van der Waals surface area (Å²) in [5.41, 5.74) is 2.36. The third-order valence-corrected chi connectivity index (χ3v) is 6.23. The number of sulfonamides is 1. The zero-order valence-electron chi connectivity index (χ0n) is 18.0. The molecule has 0 saturated carbocycles. The van der Waals surface area contributed by atoms with Gasteiger partial charge in [0.05, 0.1) is 19.0 Å². The number of ether oxygens (including phenoxy) is 2. The minimum Gasteiger partial charge on any atom is -0.461 e. The van der Waals surface area contributed by atoms with E-state index in [2.05, 4.69) is 4.98 Å². The highest BCUT2D eigenvalue weighted by molar-refractivity contribution is 7.88. The first-order chi connectivity index (χ1) is 14.1. The normalized spacial score (nSPS) is 11.7. The summed E-state index contributed by atoms with van der Waals surface area (Å²) in [6.45, 7) is 4.38. The van der Waals surface area contributed by atoms with E-state index in [-0.39, 0.29) is 19.0 Å². The van der Waals surface area contributed by atoms with Crippen LogP contribution in [0.4, 0.5) is 4.79 Å². The molecule has 166 valence electrons. The fourth-order valence-corrected chi connectivity index (χ4v) is 4.07. The lowest BCUT2D eigenvalue weighted by atomic mass is 10.1. The van der Waals surface area contributed by atoms with E-state index in [9.17, 15) is 18.0 Å². The predicted molar refractivity (Wildman–Crippen MR) is 114 cm³/mol. The summed E-state index contributed by atoms with van der Waals surface area (Å²) in [7, 11) is 1.12. The Hall–Kier alpha value is -2.59.